The Balaban J connectivity index is 5.04. The van der Waals surface area contributed by atoms with Crippen LogP contribution in [0, 0.1) is 4.61 Å². The summed E-state index contributed by atoms with van der Waals surface area (Å²) < 4.78 is 18.3. The predicted octanol–water partition coefficient (Wildman–Crippen LogP) is -0.418. The van der Waals surface area contributed by atoms with E-state index in [0.29, 0.717) is 0 Å². The van der Waals surface area contributed by atoms with Gasteiger partial charge in [0.15, 0.2) is 10.4 Å². The van der Waals surface area contributed by atoms with Gasteiger partial charge in [-0.05, 0) is 13.8 Å². The first-order valence-electron chi connectivity index (χ1n) is 3.80. The van der Waals surface area contributed by atoms with Crippen molar-refractivity contribution in [2.24, 2.45) is 0 Å². The molecule has 0 bridgehead atoms. The number of nitrogens with zero attached hydrogens (tertiary/aromatic N) is 1. The number of aliphatic carboxylic acids is 1. The zero-order valence-electron chi connectivity index (χ0n) is 8.10. The lowest BCUT2D eigenvalue weighted by atomic mass is 10.0. The highest BCUT2D eigenvalue weighted by atomic mass is 32.2. The average molecular weight is 220 g/mol. The molecule has 0 saturated carbocycles. The lowest BCUT2D eigenvalue weighted by Gasteiger charge is -2.24. The summed E-state index contributed by atoms with van der Waals surface area (Å²) in [6, 6.07) is -1.38. The van der Waals surface area contributed by atoms with E-state index in [-0.39, 0.29) is 0 Å². The fourth-order valence-electron chi connectivity index (χ4n) is 0.837. The van der Waals surface area contributed by atoms with Crippen LogP contribution in [-0.2, 0) is 20.0 Å². The van der Waals surface area contributed by atoms with Crippen LogP contribution in [0.15, 0.2) is 0 Å². The number of hydrogen-bond acceptors (Lipinski definition) is 4. The molecular weight excluding hydrogens is 208 g/mol. The topological polar surface area (TPSA) is 107 Å². The number of carbonyl (C=O) groups is 2. The van der Waals surface area contributed by atoms with E-state index in [9.17, 15) is 13.8 Å². The van der Waals surface area contributed by atoms with Gasteiger partial charge >= 0.3 is 5.97 Å². The van der Waals surface area contributed by atoms with Crippen LogP contribution in [0.3, 0.4) is 0 Å². The molecule has 2 N–H and O–H groups in total. The molecule has 0 aliphatic heterocycles. The van der Waals surface area contributed by atoms with Gasteiger partial charge in [0.05, 0.1) is 0 Å². The monoisotopic (exact) mass is 220 g/mol. The number of amides is 1. The van der Waals surface area contributed by atoms with E-state index in [4.69, 9.17) is 9.71 Å². The Morgan fingerprint density at radius 2 is 1.93 bits per heavy atom. The fraction of sp³-hybridized carbons (Fsp3) is 0.714. The molecule has 7 heteroatoms. The largest absolute Gasteiger partial charge is 0.480 e. The molecule has 0 aliphatic carbocycles. The van der Waals surface area contributed by atoms with Gasteiger partial charge in [-0.1, -0.05) is 0 Å². The molecule has 0 saturated heterocycles. The third-order valence-corrected chi connectivity index (χ3v) is 2.88. The number of rotatable bonds is 3. The van der Waals surface area contributed by atoms with Gasteiger partial charge in [0.1, 0.15) is 10.8 Å². The number of hydrogen-bond donors (Lipinski definition) is 2. The average Bonchev–Trinajstić information content (AvgIpc) is 1.98. The minimum absolute atomic E-state index is 0.559. The van der Waals surface area contributed by atoms with E-state index in [0.717, 1.165) is 6.92 Å². The maximum absolute atomic E-state index is 10.8. The molecule has 0 aromatic heterocycles. The molecule has 0 heterocycles. The second-order valence-corrected chi connectivity index (χ2v) is 4.87. The maximum Gasteiger partial charge on any atom is 0.328 e. The van der Waals surface area contributed by atoms with Crippen molar-refractivity contribution in [3.63, 3.8) is 0 Å². The van der Waals surface area contributed by atoms with E-state index in [2.05, 4.69) is 5.32 Å². The SMILES string of the molecule is CC(=O)NC(C(=O)O)C(C)(C)S(#N)=O. The summed E-state index contributed by atoms with van der Waals surface area (Å²) in [4.78, 5) is 21.4. The number of carboxylic acid groups (broad SMARTS) is 1. The summed E-state index contributed by atoms with van der Waals surface area (Å²) in [5, 5.41) is 10.9. The molecule has 1 atom stereocenters. The number of carbonyl (C=O) groups excluding carboxylic acids is 1. The Hall–Kier alpha value is -1.33. The summed E-state index contributed by atoms with van der Waals surface area (Å²) in [6.07, 6.45) is 0. The quantitative estimate of drug-likeness (QED) is 0.671. The van der Waals surface area contributed by atoms with Crippen molar-refractivity contribution < 1.29 is 18.9 Å². The molecule has 0 aromatic rings. The molecule has 0 spiro atoms. The Morgan fingerprint density at radius 1 is 1.50 bits per heavy atom. The van der Waals surface area contributed by atoms with Crippen LogP contribution in [0.5, 0.6) is 0 Å². The first kappa shape index (κ1) is 12.7. The smallest absolute Gasteiger partial charge is 0.328 e. The Labute approximate surface area is 83.4 Å². The third-order valence-electron chi connectivity index (χ3n) is 1.74. The van der Waals surface area contributed by atoms with Crippen molar-refractivity contribution in [3.8, 4) is 0 Å². The van der Waals surface area contributed by atoms with Crippen LogP contribution in [0.4, 0.5) is 0 Å². The van der Waals surface area contributed by atoms with Gasteiger partial charge in [0.25, 0.3) is 0 Å². The van der Waals surface area contributed by atoms with Gasteiger partial charge < -0.3 is 10.4 Å². The lowest BCUT2D eigenvalue weighted by molar-refractivity contribution is -0.142. The number of nitrogens with one attached hydrogen (secondary N) is 1. The van der Waals surface area contributed by atoms with Crippen molar-refractivity contribution in [2.75, 3.05) is 0 Å². The minimum atomic E-state index is -2.34. The number of carboxylic acids is 1. The van der Waals surface area contributed by atoms with E-state index in [1.165, 1.54) is 13.8 Å². The zero-order chi connectivity index (χ0) is 11.5. The summed E-state index contributed by atoms with van der Waals surface area (Å²) in [5.74, 6) is -1.90. The second kappa shape index (κ2) is 4.26. The van der Waals surface area contributed by atoms with Crippen molar-refractivity contribution >= 4 is 22.3 Å². The van der Waals surface area contributed by atoms with Gasteiger partial charge in [0.2, 0.25) is 5.91 Å². The van der Waals surface area contributed by atoms with Gasteiger partial charge in [-0.2, -0.15) is 4.21 Å². The molecule has 0 rings (SSSR count). The molecule has 80 valence electrons. The van der Waals surface area contributed by atoms with Crippen LogP contribution in [0.25, 0.3) is 0 Å². The van der Waals surface area contributed by atoms with E-state index >= 15 is 0 Å². The standard InChI is InChI=1S/C7H12N2O4S/c1-4(10)9-5(6(11)12)7(2,3)14(8)13/h5H,1-3H3,(H,9,10)(H,11,12). The normalized spacial score (nSPS) is 13.0. The van der Waals surface area contributed by atoms with Gasteiger partial charge in [-0.15, -0.1) is 4.61 Å². The summed E-state index contributed by atoms with van der Waals surface area (Å²) in [5.41, 5.74) is 0. The Kier molecular flexibility index (Phi) is 3.85. The first-order chi connectivity index (χ1) is 6.19. The summed E-state index contributed by atoms with van der Waals surface area (Å²) >= 11 is 0. The molecule has 0 fully saturated rings. The maximum atomic E-state index is 10.8. The first-order valence-corrected chi connectivity index (χ1v) is 4.91. The van der Waals surface area contributed by atoms with E-state index < -0.39 is 33.1 Å². The summed E-state index contributed by atoms with van der Waals surface area (Å²) in [7, 11) is -2.34. The third kappa shape index (κ3) is 2.86. The van der Waals surface area contributed by atoms with Crippen molar-refractivity contribution in [3.05, 3.63) is 0 Å². The van der Waals surface area contributed by atoms with Crippen molar-refractivity contribution in [2.45, 2.75) is 31.6 Å². The highest BCUT2D eigenvalue weighted by molar-refractivity contribution is 7.72. The van der Waals surface area contributed by atoms with E-state index in [1.807, 2.05) is 0 Å². The highest BCUT2D eigenvalue weighted by Crippen LogP contribution is 2.13. The lowest BCUT2D eigenvalue weighted by Crippen LogP contribution is -2.53. The van der Waals surface area contributed by atoms with Gasteiger partial charge in [-0.25, -0.2) is 4.79 Å². The van der Waals surface area contributed by atoms with Crippen LogP contribution in [-0.4, -0.2) is 32.0 Å². The molecule has 0 aromatic carbocycles. The fourth-order valence-corrected chi connectivity index (χ4v) is 1.20. The molecule has 0 radical (unpaired) electrons. The predicted molar refractivity (Wildman–Crippen MR) is 49.2 cm³/mol. The molecule has 14 heavy (non-hydrogen) atoms. The minimum Gasteiger partial charge on any atom is -0.480 e. The van der Waals surface area contributed by atoms with Crippen LogP contribution in [0.2, 0.25) is 0 Å². The molecular formula is C7H12N2O4S. The van der Waals surface area contributed by atoms with Gasteiger partial charge in [-0.3, -0.25) is 4.79 Å². The molecule has 6 nitrogen and oxygen atoms in total. The second-order valence-electron chi connectivity index (χ2n) is 3.32. The Bertz CT molecular complexity index is 370. The van der Waals surface area contributed by atoms with Crippen LogP contribution < -0.4 is 5.32 Å². The Morgan fingerprint density at radius 3 is 2.14 bits per heavy atom. The van der Waals surface area contributed by atoms with Crippen LogP contribution >= 0.6 is 0 Å². The molecule has 1 unspecified atom stereocenters. The molecule has 1 amide bonds. The van der Waals surface area contributed by atoms with E-state index in [1.54, 1.807) is 0 Å². The van der Waals surface area contributed by atoms with Crippen molar-refractivity contribution in [1.29, 1.82) is 4.61 Å². The summed E-state index contributed by atoms with van der Waals surface area (Å²) in [6.45, 7) is 3.72. The van der Waals surface area contributed by atoms with Crippen LogP contribution in [0.1, 0.15) is 20.8 Å². The van der Waals surface area contributed by atoms with Crippen molar-refractivity contribution in [1.82, 2.24) is 5.32 Å². The molecule has 0 aliphatic rings. The highest BCUT2D eigenvalue weighted by Gasteiger charge is 2.39. The van der Waals surface area contributed by atoms with Gasteiger partial charge in [0, 0.05) is 6.92 Å². The zero-order valence-corrected chi connectivity index (χ0v) is 8.92.